The van der Waals surface area contributed by atoms with Gasteiger partial charge in [-0.3, -0.25) is 0 Å². The highest BCUT2D eigenvalue weighted by Gasteiger charge is 2.35. The Kier molecular flexibility index (Phi) is 5.85. The van der Waals surface area contributed by atoms with Gasteiger partial charge in [-0.2, -0.15) is 17.5 Å². The molecular weight excluding hydrogens is 463 g/mol. The quantitative estimate of drug-likeness (QED) is 0.524. The molecule has 0 radical (unpaired) electrons. The van der Waals surface area contributed by atoms with E-state index in [0.29, 0.717) is 16.6 Å². The van der Waals surface area contributed by atoms with Gasteiger partial charge in [0.05, 0.1) is 10.5 Å². The minimum absolute atomic E-state index is 0.0689. The van der Waals surface area contributed by atoms with E-state index in [0.717, 1.165) is 11.6 Å². The fourth-order valence-electron chi connectivity index (χ4n) is 3.97. The average molecular weight is 484 g/mol. The van der Waals surface area contributed by atoms with Gasteiger partial charge in [-0.25, -0.2) is 13.4 Å². The summed E-state index contributed by atoms with van der Waals surface area (Å²) in [4.78, 5) is 5.63. The van der Waals surface area contributed by atoms with Gasteiger partial charge in [-0.05, 0) is 43.7 Å². The maximum Gasteiger partial charge on any atom is 0.433 e. The van der Waals surface area contributed by atoms with E-state index in [1.54, 1.807) is 42.2 Å². The molecule has 0 saturated carbocycles. The third-order valence-corrected chi connectivity index (χ3v) is 8.10. The Balaban J connectivity index is 1.67. The van der Waals surface area contributed by atoms with Gasteiger partial charge >= 0.3 is 6.18 Å². The van der Waals surface area contributed by atoms with E-state index >= 15 is 0 Å². The molecule has 0 amide bonds. The minimum atomic E-state index is -4.58. The summed E-state index contributed by atoms with van der Waals surface area (Å²) in [5, 5.41) is 0.758. The van der Waals surface area contributed by atoms with E-state index in [2.05, 4.69) is 4.98 Å². The summed E-state index contributed by atoms with van der Waals surface area (Å²) >= 11 is 6.17. The summed E-state index contributed by atoms with van der Waals surface area (Å²) in [7, 11) is -3.83. The van der Waals surface area contributed by atoms with E-state index in [1.807, 2.05) is 6.92 Å². The first-order valence-corrected chi connectivity index (χ1v) is 11.8. The van der Waals surface area contributed by atoms with E-state index in [-0.39, 0.29) is 41.6 Å². The zero-order valence-corrected chi connectivity index (χ0v) is 19.0. The summed E-state index contributed by atoms with van der Waals surface area (Å²) in [5.74, 6) is 0. The molecular formula is C22H21ClF3N3O2S. The van der Waals surface area contributed by atoms with Gasteiger partial charge in [-0.15, -0.1) is 0 Å². The molecule has 1 fully saturated rings. The Hall–Kier alpha value is -2.36. The summed E-state index contributed by atoms with van der Waals surface area (Å²) in [6.45, 7) is 4.28. The molecule has 32 heavy (non-hydrogen) atoms. The molecule has 0 spiro atoms. The van der Waals surface area contributed by atoms with Gasteiger partial charge in [0, 0.05) is 37.3 Å². The summed E-state index contributed by atoms with van der Waals surface area (Å²) in [6.07, 6.45) is -4.58. The van der Waals surface area contributed by atoms with Crippen LogP contribution >= 0.6 is 11.6 Å². The average Bonchev–Trinajstić information content (AvgIpc) is 2.72. The van der Waals surface area contributed by atoms with Gasteiger partial charge in [-0.1, -0.05) is 35.4 Å². The summed E-state index contributed by atoms with van der Waals surface area (Å²) in [6, 6.07) is 11.0. The van der Waals surface area contributed by atoms with Gasteiger partial charge < -0.3 is 4.90 Å². The normalized spacial score (nSPS) is 16.0. The predicted octanol–water partition coefficient (Wildman–Crippen LogP) is 5.03. The van der Waals surface area contributed by atoms with Crippen molar-refractivity contribution in [3.63, 3.8) is 0 Å². The van der Waals surface area contributed by atoms with Gasteiger partial charge in [0.25, 0.3) is 0 Å². The number of aromatic nitrogens is 1. The van der Waals surface area contributed by atoms with E-state index in [9.17, 15) is 21.6 Å². The Morgan fingerprint density at radius 1 is 1.00 bits per heavy atom. The molecule has 3 aromatic rings. The zero-order valence-electron chi connectivity index (χ0n) is 17.4. The summed E-state index contributed by atoms with van der Waals surface area (Å²) in [5.41, 5.74) is 1.13. The second-order valence-electron chi connectivity index (χ2n) is 7.82. The number of sulfonamides is 1. The van der Waals surface area contributed by atoms with Crippen molar-refractivity contribution in [2.45, 2.75) is 24.9 Å². The molecule has 0 bridgehead atoms. The van der Waals surface area contributed by atoms with Crippen LogP contribution in [0.25, 0.3) is 10.9 Å². The Bertz CT molecular complexity index is 1270. The molecule has 1 aliphatic rings. The van der Waals surface area contributed by atoms with Crippen LogP contribution in [0, 0.1) is 13.8 Å². The number of pyridine rings is 1. The third-order valence-electron chi connectivity index (χ3n) is 5.57. The highest BCUT2D eigenvalue weighted by molar-refractivity contribution is 7.89. The SMILES string of the molecule is Cc1ccc2nc(C(F)(F)F)cc(N3CCN(S(=O)(=O)c4c(C)cccc4Cl)CC3)c2c1. The molecule has 10 heteroatoms. The molecule has 1 aliphatic heterocycles. The number of halogens is 4. The van der Waals surface area contributed by atoms with Crippen molar-refractivity contribution in [1.29, 1.82) is 0 Å². The van der Waals surface area contributed by atoms with Gasteiger partial charge in [0.1, 0.15) is 10.6 Å². The molecule has 1 aromatic heterocycles. The number of alkyl halides is 3. The number of nitrogens with zero attached hydrogens (tertiary/aromatic N) is 3. The number of benzene rings is 2. The first-order valence-electron chi connectivity index (χ1n) is 9.97. The molecule has 0 atom stereocenters. The lowest BCUT2D eigenvalue weighted by Gasteiger charge is -2.36. The number of fused-ring (bicyclic) bond motifs is 1. The number of rotatable bonds is 3. The molecule has 2 aromatic carbocycles. The lowest BCUT2D eigenvalue weighted by Crippen LogP contribution is -2.49. The predicted molar refractivity (Wildman–Crippen MR) is 119 cm³/mol. The van der Waals surface area contributed by atoms with Crippen LogP contribution in [0.3, 0.4) is 0 Å². The van der Waals surface area contributed by atoms with Gasteiger partial charge in [0.2, 0.25) is 10.0 Å². The highest BCUT2D eigenvalue weighted by atomic mass is 35.5. The first kappa shape index (κ1) is 22.8. The van der Waals surface area contributed by atoms with Crippen molar-refractivity contribution in [3.8, 4) is 0 Å². The number of anilines is 1. The van der Waals surface area contributed by atoms with Crippen molar-refractivity contribution in [2.24, 2.45) is 0 Å². The van der Waals surface area contributed by atoms with Crippen molar-refractivity contribution < 1.29 is 21.6 Å². The van der Waals surface area contributed by atoms with Crippen molar-refractivity contribution in [3.05, 3.63) is 64.3 Å². The molecule has 5 nitrogen and oxygen atoms in total. The van der Waals surface area contributed by atoms with Gasteiger partial charge in [0.15, 0.2) is 0 Å². The smallest absolute Gasteiger partial charge is 0.368 e. The molecule has 4 rings (SSSR count). The second-order valence-corrected chi connectivity index (χ2v) is 10.1. The Morgan fingerprint density at radius 3 is 2.31 bits per heavy atom. The number of aryl methyl sites for hydroxylation is 2. The van der Waals surface area contributed by atoms with E-state index < -0.39 is 21.9 Å². The van der Waals surface area contributed by atoms with Crippen LogP contribution in [0.1, 0.15) is 16.8 Å². The molecule has 0 N–H and O–H groups in total. The van der Waals surface area contributed by atoms with Crippen LogP contribution in [0.2, 0.25) is 5.02 Å². The van der Waals surface area contributed by atoms with E-state index in [4.69, 9.17) is 11.6 Å². The van der Waals surface area contributed by atoms with Crippen molar-refractivity contribution >= 4 is 38.2 Å². The van der Waals surface area contributed by atoms with Crippen molar-refractivity contribution in [1.82, 2.24) is 9.29 Å². The maximum absolute atomic E-state index is 13.4. The summed E-state index contributed by atoms with van der Waals surface area (Å²) < 4.78 is 68.0. The third kappa shape index (κ3) is 4.16. The van der Waals surface area contributed by atoms with Crippen LogP contribution in [0.5, 0.6) is 0 Å². The molecule has 0 aliphatic carbocycles. The standard InChI is InChI=1S/C22H21ClF3N3O2S/c1-14-6-7-18-16(12-14)19(13-20(27-18)22(24,25)26)28-8-10-29(11-9-28)32(30,31)21-15(2)4-3-5-17(21)23/h3-7,12-13H,8-11H2,1-2H3. The number of hydrogen-bond acceptors (Lipinski definition) is 4. The largest absolute Gasteiger partial charge is 0.433 e. The van der Waals surface area contributed by atoms with Crippen LogP contribution in [0.15, 0.2) is 47.4 Å². The molecule has 1 saturated heterocycles. The Labute approximate surface area is 189 Å². The minimum Gasteiger partial charge on any atom is -0.368 e. The fourth-order valence-corrected chi connectivity index (χ4v) is 6.18. The number of hydrogen-bond donors (Lipinski definition) is 0. The number of piperazine rings is 1. The fraction of sp³-hybridized carbons (Fsp3) is 0.318. The van der Waals surface area contributed by atoms with Crippen LogP contribution in [-0.4, -0.2) is 43.9 Å². The topological polar surface area (TPSA) is 53.5 Å². The maximum atomic E-state index is 13.4. The van der Waals surface area contributed by atoms with Crippen LogP contribution in [-0.2, 0) is 16.2 Å². The second kappa shape index (κ2) is 8.20. The Morgan fingerprint density at radius 2 is 1.69 bits per heavy atom. The lowest BCUT2D eigenvalue weighted by atomic mass is 10.1. The van der Waals surface area contributed by atoms with Crippen molar-refractivity contribution in [2.75, 3.05) is 31.1 Å². The molecule has 2 heterocycles. The van der Waals surface area contributed by atoms with Crippen LogP contribution in [0.4, 0.5) is 18.9 Å². The first-order chi connectivity index (χ1) is 15.0. The van der Waals surface area contributed by atoms with Crippen LogP contribution < -0.4 is 4.90 Å². The lowest BCUT2D eigenvalue weighted by molar-refractivity contribution is -0.140. The van der Waals surface area contributed by atoms with E-state index in [1.165, 1.54) is 10.4 Å². The molecule has 0 unspecified atom stereocenters. The zero-order chi connectivity index (χ0) is 23.3. The monoisotopic (exact) mass is 483 g/mol. The highest BCUT2D eigenvalue weighted by Crippen LogP contribution is 2.36. The molecule has 170 valence electrons.